The maximum atomic E-state index is 13.4. The summed E-state index contributed by atoms with van der Waals surface area (Å²) in [6.07, 6.45) is 1.76. The van der Waals surface area contributed by atoms with Crippen LogP contribution < -0.4 is 10.9 Å². The Morgan fingerprint density at radius 3 is 2.41 bits per heavy atom. The number of amides is 1. The lowest BCUT2D eigenvalue weighted by Crippen LogP contribution is -2.40. The summed E-state index contributed by atoms with van der Waals surface area (Å²) in [7, 11) is 0. The molecular weight excluding hydrogens is 450 g/mol. The van der Waals surface area contributed by atoms with Crippen LogP contribution in [0.4, 0.5) is 0 Å². The Kier molecular flexibility index (Phi) is 8.04. The SMILES string of the molecule is Cc1ccn([C@@H](CC(C)C)C(=O)N[C@H](CC(=O)O)c2csc(-c3c(C)cccc3C)n2)c(=O)c1. The fourth-order valence-corrected chi connectivity index (χ4v) is 5.07. The third-order valence-corrected chi connectivity index (χ3v) is 6.58. The first-order valence-corrected chi connectivity index (χ1v) is 12.2. The molecule has 2 aromatic heterocycles. The lowest BCUT2D eigenvalue weighted by atomic mass is 10.0. The highest BCUT2D eigenvalue weighted by Crippen LogP contribution is 2.32. The van der Waals surface area contributed by atoms with Crippen LogP contribution in [0.2, 0.25) is 0 Å². The fraction of sp³-hybridized carbons (Fsp3) is 0.385. The van der Waals surface area contributed by atoms with Crippen molar-refractivity contribution in [2.45, 2.75) is 59.5 Å². The van der Waals surface area contributed by atoms with E-state index in [0.29, 0.717) is 12.1 Å². The van der Waals surface area contributed by atoms with Gasteiger partial charge in [0.1, 0.15) is 11.0 Å². The molecule has 0 saturated heterocycles. The molecule has 34 heavy (non-hydrogen) atoms. The van der Waals surface area contributed by atoms with Gasteiger partial charge in [0.25, 0.3) is 5.56 Å². The number of carboxylic acid groups (broad SMARTS) is 1. The number of pyridine rings is 1. The number of hydrogen-bond donors (Lipinski definition) is 2. The number of nitrogens with zero attached hydrogens (tertiary/aromatic N) is 2. The number of thiazole rings is 1. The van der Waals surface area contributed by atoms with Crippen LogP contribution in [0, 0.1) is 26.7 Å². The molecule has 7 nitrogen and oxygen atoms in total. The number of carboxylic acids is 1. The predicted molar refractivity (Wildman–Crippen MR) is 134 cm³/mol. The highest BCUT2D eigenvalue weighted by molar-refractivity contribution is 7.13. The van der Waals surface area contributed by atoms with E-state index in [1.807, 2.05) is 52.8 Å². The first-order chi connectivity index (χ1) is 16.1. The van der Waals surface area contributed by atoms with Gasteiger partial charge in [-0.05, 0) is 55.9 Å². The van der Waals surface area contributed by atoms with Gasteiger partial charge in [-0.25, -0.2) is 4.98 Å². The zero-order valence-electron chi connectivity index (χ0n) is 20.2. The number of hydrogen-bond acceptors (Lipinski definition) is 5. The van der Waals surface area contributed by atoms with Crippen molar-refractivity contribution in [3.8, 4) is 10.6 Å². The first kappa shape index (κ1) is 25.4. The van der Waals surface area contributed by atoms with Crippen molar-refractivity contribution >= 4 is 23.2 Å². The van der Waals surface area contributed by atoms with Crippen molar-refractivity contribution in [3.05, 3.63) is 74.6 Å². The molecule has 0 saturated carbocycles. The Morgan fingerprint density at radius 2 is 1.82 bits per heavy atom. The first-order valence-electron chi connectivity index (χ1n) is 11.3. The highest BCUT2D eigenvalue weighted by Gasteiger charge is 2.28. The molecule has 0 bridgehead atoms. The predicted octanol–water partition coefficient (Wildman–Crippen LogP) is 4.82. The van der Waals surface area contributed by atoms with Gasteiger partial charge in [-0.2, -0.15) is 0 Å². The molecule has 0 aliphatic rings. The van der Waals surface area contributed by atoms with Gasteiger partial charge < -0.3 is 15.0 Å². The Morgan fingerprint density at radius 1 is 1.15 bits per heavy atom. The molecule has 180 valence electrons. The Bertz CT molecular complexity index is 1220. The zero-order valence-corrected chi connectivity index (χ0v) is 21.0. The lowest BCUT2D eigenvalue weighted by Gasteiger charge is -2.24. The van der Waals surface area contributed by atoms with Crippen LogP contribution in [-0.2, 0) is 9.59 Å². The third kappa shape index (κ3) is 5.99. The van der Waals surface area contributed by atoms with E-state index in [0.717, 1.165) is 27.3 Å². The molecular formula is C26H31N3O4S. The smallest absolute Gasteiger partial charge is 0.305 e. The van der Waals surface area contributed by atoms with Crippen LogP contribution in [0.1, 0.15) is 61.2 Å². The Labute approximate surface area is 203 Å². The summed E-state index contributed by atoms with van der Waals surface area (Å²) in [4.78, 5) is 42.3. The van der Waals surface area contributed by atoms with Gasteiger partial charge in [0.05, 0.1) is 18.2 Å². The van der Waals surface area contributed by atoms with E-state index in [1.165, 1.54) is 22.0 Å². The van der Waals surface area contributed by atoms with Gasteiger partial charge in [0.2, 0.25) is 5.91 Å². The van der Waals surface area contributed by atoms with Gasteiger partial charge in [-0.15, -0.1) is 11.3 Å². The lowest BCUT2D eigenvalue weighted by molar-refractivity contribution is -0.138. The number of carbonyl (C=O) groups is 2. The van der Waals surface area contributed by atoms with Gasteiger partial charge in [0.15, 0.2) is 0 Å². The van der Waals surface area contributed by atoms with Crippen LogP contribution >= 0.6 is 11.3 Å². The van der Waals surface area contributed by atoms with E-state index in [1.54, 1.807) is 17.6 Å². The average Bonchev–Trinajstić information content (AvgIpc) is 3.21. The Hall–Kier alpha value is -3.26. The standard InChI is InChI=1S/C26H31N3O4S/c1-15(2)11-21(29-10-9-16(3)12-22(29)30)25(33)27-19(13-23(31)32)20-14-34-26(28-20)24-17(4)7-6-8-18(24)5/h6-10,12,14-15,19,21H,11,13H2,1-5H3,(H,27,33)(H,31,32)/t19-,21+/m1/s1. The third-order valence-electron chi connectivity index (χ3n) is 5.71. The second kappa shape index (κ2) is 10.8. The summed E-state index contributed by atoms with van der Waals surface area (Å²) >= 11 is 1.42. The summed E-state index contributed by atoms with van der Waals surface area (Å²) in [5.74, 6) is -1.29. The quantitative estimate of drug-likeness (QED) is 0.456. The maximum absolute atomic E-state index is 13.4. The summed E-state index contributed by atoms with van der Waals surface area (Å²) in [6.45, 7) is 9.80. The van der Waals surface area contributed by atoms with E-state index >= 15 is 0 Å². The summed E-state index contributed by atoms with van der Waals surface area (Å²) in [6, 6.07) is 7.72. The molecule has 2 atom stereocenters. The minimum absolute atomic E-state index is 0.150. The van der Waals surface area contributed by atoms with Crippen molar-refractivity contribution in [2.75, 3.05) is 0 Å². The number of carbonyl (C=O) groups excluding carboxylic acids is 1. The molecule has 0 spiro atoms. The molecule has 1 amide bonds. The van der Waals surface area contributed by atoms with Crippen LogP contribution in [0.25, 0.3) is 10.6 Å². The second-order valence-electron chi connectivity index (χ2n) is 9.10. The van der Waals surface area contributed by atoms with Gasteiger partial charge in [-0.1, -0.05) is 32.0 Å². The molecule has 0 radical (unpaired) electrons. The minimum atomic E-state index is -1.04. The molecule has 3 aromatic rings. The van der Waals surface area contributed by atoms with Crippen LogP contribution in [-0.4, -0.2) is 26.5 Å². The van der Waals surface area contributed by atoms with Crippen molar-refractivity contribution < 1.29 is 14.7 Å². The number of aryl methyl sites for hydroxylation is 3. The van der Waals surface area contributed by atoms with Gasteiger partial charge >= 0.3 is 5.97 Å². The molecule has 0 unspecified atom stereocenters. The molecule has 2 N–H and O–H groups in total. The van der Waals surface area contributed by atoms with Crippen molar-refractivity contribution in [1.82, 2.24) is 14.9 Å². The molecule has 2 heterocycles. The maximum Gasteiger partial charge on any atom is 0.305 e. The largest absolute Gasteiger partial charge is 0.481 e. The van der Waals surface area contributed by atoms with E-state index in [9.17, 15) is 19.5 Å². The number of aromatic nitrogens is 2. The second-order valence-corrected chi connectivity index (χ2v) is 9.96. The average molecular weight is 482 g/mol. The Balaban J connectivity index is 1.94. The molecule has 0 aliphatic carbocycles. The van der Waals surface area contributed by atoms with Gasteiger partial charge in [0, 0.05) is 23.2 Å². The zero-order chi connectivity index (χ0) is 25.0. The highest BCUT2D eigenvalue weighted by atomic mass is 32.1. The molecule has 0 fully saturated rings. The van der Waals surface area contributed by atoms with E-state index in [2.05, 4.69) is 5.32 Å². The monoisotopic (exact) mass is 481 g/mol. The van der Waals surface area contributed by atoms with Crippen LogP contribution in [0.15, 0.2) is 46.7 Å². The van der Waals surface area contributed by atoms with E-state index < -0.39 is 24.0 Å². The molecule has 0 aliphatic heterocycles. The van der Waals surface area contributed by atoms with Crippen molar-refractivity contribution in [1.29, 1.82) is 0 Å². The van der Waals surface area contributed by atoms with Crippen LogP contribution in [0.3, 0.4) is 0 Å². The van der Waals surface area contributed by atoms with Crippen molar-refractivity contribution in [3.63, 3.8) is 0 Å². The summed E-state index contributed by atoms with van der Waals surface area (Å²) in [5.41, 5.74) is 4.23. The number of aliphatic carboxylic acids is 1. The fourth-order valence-electron chi connectivity index (χ4n) is 4.02. The van der Waals surface area contributed by atoms with Crippen LogP contribution in [0.5, 0.6) is 0 Å². The number of rotatable bonds is 9. The normalized spacial score (nSPS) is 13.0. The van der Waals surface area contributed by atoms with Crippen molar-refractivity contribution in [2.24, 2.45) is 5.92 Å². The molecule has 3 rings (SSSR count). The van der Waals surface area contributed by atoms with Gasteiger partial charge in [-0.3, -0.25) is 14.4 Å². The van der Waals surface area contributed by atoms with E-state index in [-0.39, 0.29) is 17.9 Å². The number of nitrogens with one attached hydrogen (secondary N) is 1. The molecule has 1 aromatic carbocycles. The van der Waals surface area contributed by atoms with E-state index in [4.69, 9.17) is 4.98 Å². The minimum Gasteiger partial charge on any atom is -0.481 e. The molecule has 8 heteroatoms. The number of benzene rings is 1. The topological polar surface area (TPSA) is 101 Å². The summed E-state index contributed by atoms with van der Waals surface area (Å²) < 4.78 is 1.42. The summed E-state index contributed by atoms with van der Waals surface area (Å²) in [5, 5.41) is 15.0.